The predicted octanol–water partition coefficient (Wildman–Crippen LogP) is 3.36. The Labute approximate surface area is 163 Å². The van der Waals surface area contributed by atoms with Crippen molar-refractivity contribution in [3.05, 3.63) is 75.2 Å². The smallest absolute Gasteiger partial charge is 0.262 e. The fourth-order valence-electron chi connectivity index (χ4n) is 2.65. The summed E-state index contributed by atoms with van der Waals surface area (Å²) in [5, 5.41) is 9.21. The minimum absolute atomic E-state index is 0.176. The van der Waals surface area contributed by atoms with Crippen LogP contribution in [0.2, 0.25) is 0 Å². The Hall–Kier alpha value is -2.56. The normalized spacial score (nSPS) is 18.5. The fourth-order valence-corrected chi connectivity index (χ4v) is 4.23. The van der Waals surface area contributed by atoms with Gasteiger partial charge in [-0.05, 0) is 36.2 Å². The summed E-state index contributed by atoms with van der Waals surface area (Å²) in [6.07, 6.45) is 0.498. The molecule has 2 aromatic carbocycles. The maximum atomic E-state index is 13.0. The second-order valence-electron chi connectivity index (χ2n) is 5.60. The fraction of sp³-hybridized carbons (Fsp3) is 0.105. The van der Waals surface area contributed by atoms with Crippen molar-refractivity contribution in [3.8, 4) is 6.07 Å². The Morgan fingerprint density at radius 1 is 1.19 bits per heavy atom. The molecule has 7 heteroatoms. The van der Waals surface area contributed by atoms with E-state index >= 15 is 0 Å². The van der Waals surface area contributed by atoms with E-state index in [2.05, 4.69) is 15.9 Å². The Morgan fingerprint density at radius 2 is 1.85 bits per heavy atom. The lowest BCUT2D eigenvalue weighted by molar-refractivity contribution is -0.117. The number of hydrogen-bond acceptors (Lipinski definition) is 4. The lowest BCUT2D eigenvalue weighted by Crippen LogP contribution is -2.31. The second-order valence-corrected chi connectivity index (χ2v) is 7.71. The van der Waals surface area contributed by atoms with Crippen LogP contribution in [0.4, 0.5) is 5.69 Å². The second kappa shape index (κ2) is 7.77. The van der Waals surface area contributed by atoms with Gasteiger partial charge in [0, 0.05) is 10.2 Å². The number of thioether (sulfide) groups is 1. The molecule has 1 aliphatic rings. The summed E-state index contributed by atoms with van der Waals surface area (Å²) >= 11 is 4.56. The van der Waals surface area contributed by atoms with Gasteiger partial charge in [0.1, 0.15) is 16.7 Å². The number of hydrogen-bond donors (Lipinski definition) is 1. The third-order valence-electron chi connectivity index (χ3n) is 3.87. The van der Waals surface area contributed by atoms with Crippen molar-refractivity contribution in [1.82, 2.24) is 0 Å². The monoisotopic (exact) mass is 427 g/mol. The molecule has 0 aromatic heterocycles. The van der Waals surface area contributed by atoms with E-state index < -0.39 is 11.2 Å². The molecule has 1 fully saturated rings. The first kappa shape index (κ1) is 18.2. The van der Waals surface area contributed by atoms with Crippen LogP contribution in [0.25, 0.3) is 0 Å². The van der Waals surface area contributed by atoms with Crippen molar-refractivity contribution in [2.45, 2.75) is 11.7 Å². The van der Waals surface area contributed by atoms with Crippen molar-refractivity contribution in [2.75, 3.05) is 4.90 Å². The molecule has 0 unspecified atom stereocenters. The molecular weight excluding hydrogens is 414 g/mol. The highest BCUT2D eigenvalue weighted by Crippen LogP contribution is 2.41. The van der Waals surface area contributed by atoms with E-state index in [0.29, 0.717) is 12.1 Å². The highest BCUT2D eigenvalue weighted by molar-refractivity contribution is 9.10. The molecule has 0 bridgehead atoms. The van der Waals surface area contributed by atoms with E-state index in [4.69, 9.17) is 5.73 Å². The molecule has 130 valence electrons. The number of benzene rings is 2. The van der Waals surface area contributed by atoms with Gasteiger partial charge in [0.15, 0.2) is 0 Å². The third kappa shape index (κ3) is 3.66. The number of amides is 2. The van der Waals surface area contributed by atoms with E-state index in [0.717, 1.165) is 10.0 Å². The summed E-state index contributed by atoms with van der Waals surface area (Å²) in [5.41, 5.74) is 6.75. The van der Waals surface area contributed by atoms with Gasteiger partial charge in [-0.2, -0.15) is 5.26 Å². The molecule has 26 heavy (non-hydrogen) atoms. The van der Waals surface area contributed by atoms with Gasteiger partial charge in [-0.15, -0.1) is 0 Å². The zero-order valence-electron chi connectivity index (χ0n) is 13.6. The molecule has 0 spiro atoms. The van der Waals surface area contributed by atoms with Gasteiger partial charge in [0.2, 0.25) is 5.91 Å². The zero-order valence-corrected chi connectivity index (χ0v) is 16.0. The number of carbonyl (C=O) groups excluding carboxylic acids is 2. The molecule has 1 heterocycles. The molecule has 0 aliphatic carbocycles. The summed E-state index contributed by atoms with van der Waals surface area (Å²) in [5.74, 6) is -1.02. The molecule has 2 amide bonds. The zero-order chi connectivity index (χ0) is 18.7. The lowest BCUT2D eigenvalue weighted by atomic mass is 10.1. The highest BCUT2D eigenvalue weighted by Gasteiger charge is 2.40. The average molecular weight is 428 g/mol. The van der Waals surface area contributed by atoms with E-state index in [9.17, 15) is 14.9 Å². The molecule has 0 radical (unpaired) electrons. The first-order valence-electron chi connectivity index (χ1n) is 7.75. The number of carbonyl (C=O) groups is 2. The van der Waals surface area contributed by atoms with Gasteiger partial charge in [-0.25, -0.2) is 0 Å². The molecular formula is C19H14BrN3O2S. The number of nitriles is 1. The lowest BCUT2D eigenvalue weighted by Gasteiger charge is -2.18. The number of rotatable bonds is 4. The van der Waals surface area contributed by atoms with Gasteiger partial charge in [0.05, 0.1) is 5.25 Å². The van der Waals surface area contributed by atoms with E-state index in [-0.39, 0.29) is 16.5 Å². The number of primary amides is 1. The summed E-state index contributed by atoms with van der Waals surface area (Å²) in [6.45, 7) is 0. The van der Waals surface area contributed by atoms with Crippen LogP contribution in [-0.2, 0) is 16.0 Å². The molecule has 1 atom stereocenters. The summed E-state index contributed by atoms with van der Waals surface area (Å²) in [7, 11) is 0. The van der Waals surface area contributed by atoms with E-state index in [1.54, 1.807) is 24.3 Å². The Bertz CT molecular complexity index is 920. The largest absolute Gasteiger partial charge is 0.365 e. The number of nitrogens with two attached hydrogens (primary N) is 1. The number of halogens is 1. The molecule has 2 N–H and O–H groups in total. The van der Waals surface area contributed by atoms with Crippen molar-refractivity contribution >= 4 is 45.2 Å². The highest BCUT2D eigenvalue weighted by atomic mass is 79.9. The number of anilines is 1. The Balaban J connectivity index is 2.03. The van der Waals surface area contributed by atoms with Gasteiger partial charge in [-0.3, -0.25) is 14.5 Å². The Morgan fingerprint density at radius 3 is 2.42 bits per heavy atom. The molecule has 2 aromatic rings. The van der Waals surface area contributed by atoms with Crippen LogP contribution in [-0.4, -0.2) is 17.1 Å². The SMILES string of the molecule is N#C/C(C(N)=O)=C1/S[C@H](Cc2ccccc2)C(=O)N1c1ccc(Br)cc1. The van der Waals surface area contributed by atoms with Crippen molar-refractivity contribution < 1.29 is 9.59 Å². The summed E-state index contributed by atoms with van der Waals surface area (Å²) in [4.78, 5) is 26.2. The van der Waals surface area contributed by atoms with Crippen LogP contribution in [0.3, 0.4) is 0 Å². The van der Waals surface area contributed by atoms with Crippen LogP contribution in [0.5, 0.6) is 0 Å². The minimum atomic E-state index is -0.842. The van der Waals surface area contributed by atoms with E-state index in [1.165, 1.54) is 16.7 Å². The maximum Gasteiger partial charge on any atom is 0.262 e. The van der Waals surface area contributed by atoms with Gasteiger partial charge < -0.3 is 5.73 Å². The molecule has 5 nitrogen and oxygen atoms in total. The van der Waals surface area contributed by atoms with Gasteiger partial charge >= 0.3 is 0 Å². The molecule has 1 saturated heterocycles. The number of nitrogens with zero attached hydrogens (tertiary/aromatic N) is 2. The topological polar surface area (TPSA) is 87.2 Å². The maximum absolute atomic E-state index is 13.0. The molecule has 0 saturated carbocycles. The predicted molar refractivity (Wildman–Crippen MR) is 105 cm³/mol. The minimum Gasteiger partial charge on any atom is -0.365 e. The van der Waals surface area contributed by atoms with Crippen LogP contribution in [0.15, 0.2) is 69.7 Å². The average Bonchev–Trinajstić information content (AvgIpc) is 2.93. The van der Waals surface area contributed by atoms with Crippen LogP contribution in [0, 0.1) is 11.3 Å². The molecule has 1 aliphatic heterocycles. The quantitative estimate of drug-likeness (QED) is 0.598. The third-order valence-corrected chi connectivity index (χ3v) is 5.67. The standard InChI is InChI=1S/C19H14BrN3O2S/c20-13-6-8-14(9-7-13)23-18(25)16(10-12-4-2-1-3-5-12)26-19(23)15(11-21)17(22)24/h1-9,16H,10H2,(H2,22,24)/b19-15-/t16-/m1/s1. The van der Waals surface area contributed by atoms with Crippen LogP contribution in [0.1, 0.15) is 5.56 Å². The van der Waals surface area contributed by atoms with Gasteiger partial charge in [-0.1, -0.05) is 58.0 Å². The summed E-state index contributed by atoms with van der Waals surface area (Å²) < 4.78 is 0.863. The van der Waals surface area contributed by atoms with Crippen LogP contribution < -0.4 is 10.6 Å². The Kier molecular flexibility index (Phi) is 5.45. The molecule has 3 rings (SSSR count). The van der Waals surface area contributed by atoms with Crippen LogP contribution >= 0.6 is 27.7 Å². The first-order valence-corrected chi connectivity index (χ1v) is 9.43. The summed E-state index contributed by atoms with van der Waals surface area (Å²) in [6, 6.07) is 18.6. The van der Waals surface area contributed by atoms with Gasteiger partial charge in [0.25, 0.3) is 5.91 Å². The first-order chi connectivity index (χ1) is 12.5. The van der Waals surface area contributed by atoms with Crippen molar-refractivity contribution in [1.29, 1.82) is 5.26 Å². The van der Waals surface area contributed by atoms with Crippen molar-refractivity contribution in [2.24, 2.45) is 5.73 Å². The van der Waals surface area contributed by atoms with E-state index in [1.807, 2.05) is 36.4 Å². The van der Waals surface area contributed by atoms with Crippen molar-refractivity contribution in [3.63, 3.8) is 0 Å².